The molecule has 0 aliphatic carbocycles. The number of amides is 2. The topological polar surface area (TPSA) is 58.6 Å². The third-order valence-corrected chi connectivity index (χ3v) is 6.51. The Morgan fingerprint density at radius 1 is 1.00 bits per heavy atom. The highest BCUT2D eigenvalue weighted by atomic mass is 16.5. The minimum absolute atomic E-state index is 0.0123. The maximum Gasteiger partial charge on any atom is 0.223 e. The number of aryl methyl sites for hydroxylation is 2. The van der Waals surface area contributed by atoms with Crippen LogP contribution < -0.4 is 10.1 Å². The van der Waals surface area contributed by atoms with Gasteiger partial charge >= 0.3 is 0 Å². The first-order valence-corrected chi connectivity index (χ1v) is 11.8. The zero-order valence-electron chi connectivity index (χ0n) is 20.1. The molecule has 0 spiro atoms. The van der Waals surface area contributed by atoms with Crippen LogP contribution >= 0.6 is 0 Å². The van der Waals surface area contributed by atoms with Crippen molar-refractivity contribution in [2.45, 2.75) is 45.7 Å². The van der Waals surface area contributed by atoms with Crippen LogP contribution in [0.3, 0.4) is 0 Å². The molecule has 0 saturated carbocycles. The number of carbonyl (C=O) groups is 2. The summed E-state index contributed by atoms with van der Waals surface area (Å²) in [6.07, 6.45) is 1.20. The molecule has 1 aliphatic heterocycles. The van der Waals surface area contributed by atoms with Crippen LogP contribution in [0.2, 0.25) is 0 Å². The number of ether oxygens (including phenoxy) is 1. The number of hydrogen-bond donors (Lipinski definition) is 1. The monoisotopic (exact) mass is 456 g/mol. The number of nitrogens with one attached hydrogen (secondary N) is 1. The maximum absolute atomic E-state index is 13.3. The molecule has 34 heavy (non-hydrogen) atoms. The van der Waals surface area contributed by atoms with Gasteiger partial charge in [-0.15, -0.1) is 0 Å². The maximum atomic E-state index is 13.3. The fourth-order valence-corrected chi connectivity index (χ4v) is 4.81. The second-order valence-electron chi connectivity index (χ2n) is 8.92. The van der Waals surface area contributed by atoms with Crippen molar-refractivity contribution in [1.82, 2.24) is 10.2 Å². The molecule has 1 N–H and O–H groups in total. The van der Waals surface area contributed by atoms with Gasteiger partial charge in [-0.1, -0.05) is 60.2 Å². The quantitative estimate of drug-likeness (QED) is 0.551. The highest BCUT2D eigenvalue weighted by Crippen LogP contribution is 2.37. The van der Waals surface area contributed by atoms with E-state index in [4.69, 9.17) is 4.74 Å². The summed E-state index contributed by atoms with van der Waals surface area (Å²) < 4.78 is 5.16. The molecular formula is C29H32N2O3. The van der Waals surface area contributed by atoms with Crippen LogP contribution in [-0.4, -0.2) is 30.4 Å². The Hall–Kier alpha value is -3.60. The fraction of sp³-hybridized carbons (Fsp3) is 0.310. The van der Waals surface area contributed by atoms with E-state index in [0.29, 0.717) is 13.1 Å². The van der Waals surface area contributed by atoms with Crippen LogP contribution in [-0.2, 0) is 22.6 Å². The number of benzene rings is 3. The van der Waals surface area contributed by atoms with Gasteiger partial charge in [0, 0.05) is 25.9 Å². The van der Waals surface area contributed by atoms with Crippen LogP contribution in [0.5, 0.6) is 5.75 Å². The van der Waals surface area contributed by atoms with Gasteiger partial charge in [0.15, 0.2) is 0 Å². The Balaban J connectivity index is 1.44. The van der Waals surface area contributed by atoms with E-state index in [2.05, 4.69) is 43.4 Å². The number of fused-ring (bicyclic) bond motifs is 1. The molecule has 0 radical (unpaired) electrons. The SMILES string of the molecule is COc1ccc(CNC(=O)CCC(=O)N2CCc3c(C)cc(C)cc3C2c2ccccc2)cc1. The molecule has 176 valence electrons. The van der Waals surface area contributed by atoms with E-state index in [0.717, 1.165) is 23.3 Å². The van der Waals surface area contributed by atoms with Crippen LogP contribution in [0.4, 0.5) is 0 Å². The Labute approximate surface area is 201 Å². The van der Waals surface area contributed by atoms with Gasteiger partial charge in [-0.05, 0) is 60.2 Å². The molecule has 0 saturated heterocycles. The summed E-state index contributed by atoms with van der Waals surface area (Å²) in [6, 6.07) is 22.1. The van der Waals surface area contributed by atoms with Crippen molar-refractivity contribution in [3.63, 3.8) is 0 Å². The first-order chi connectivity index (χ1) is 16.5. The molecule has 0 bridgehead atoms. The van der Waals surface area contributed by atoms with Gasteiger partial charge in [0.05, 0.1) is 13.2 Å². The lowest BCUT2D eigenvalue weighted by atomic mass is 9.84. The van der Waals surface area contributed by atoms with Crippen molar-refractivity contribution < 1.29 is 14.3 Å². The van der Waals surface area contributed by atoms with Crippen LogP contribution in [0.25, 0.3) is 0 Å². The van der Waals surface area contributed by atoms with Crippen molar-refractivity contribution in [3.8, 4) is 5.75 Å². The van der Waals surface area contributed by atoms with E-state index >= 15 is 0 Å². The third kappa shape index (κ3) is 5.30. The normalized spacial score (nSPS) is 14.9. The molecule has 3 aromatic rings. The van der Waals surface area contributed by atoms with E-state index in [1.165, 1.54) is 22.3 Å². The summed E-state index contributed by atoms with van der Waals surface area (Å²) in [6.45, 7) is 5.34. The standard InChI is InChI=1S/C29H32N2O3/c1-20-17-21(2)25-15-16-31(29(26(25)18-20)23-7-5-4-6-8-23)28(33)14-13-27(32)30-19-22-9-11-24(34-3)12-10-22/h4-12,17-18,29H,13-16,19H2,1-3H3,(H,30,32). The highest BCUT2D eigenvalue weighted by Gasteiger charge is 2.32. The molecule has 0 fully saturated rings. The Bertz CT molecular complexity index is 1160. The van der Waals surface area contributed by atoms with Crippen molar-refractivity contribution >= 4 is 11.8 Å². The molecule has 1 atom stereocenters. The van der Waals surface area contributed by atoms with E-state index in [-0.39, 0.29) is 30.7 Å². The molecule has 3 aromatic carbocycles. The van der Waals surface area contributed by atoms with Crippen molar-refractivity contribution in [2.75, 3.05) is 13.7 Å². The second kappa shape index (κ2) is 10.6. The van der Waals surface area contributed by atoms with Gasteiger partial charge in [-0.3, -0.25) is 9.59 Å². The number of rotatable bonds is 7. The Morgan fingerprint density at radius 3 is 2.44 bits per heavy atom. The van der Waals surface area contributed by atoms with E-state index in [1.54, 1.807) is 7.11 Å². The van der Waals surface area contributed by atoms with E-state index < -0.39 is 0 Å². The van der Waals surface area contributed by atoms with Gasteiger partial charge in [0.2, 0.25) is 11.8 Å². The molecule has 1 unspecified atom stereocenters. The van der Waals surface area contributed by atoms with E-state index in [9.17, 15) is 9.59 Å². The summed E-state index contributed by atoms with van der Waals surface area (Å²) in [4.78, 5) is 27.8. The lowest BCUT2D eigenvalue weighted by molar-refractivity contribution is -0.135. The van der Waals surface area contributed by atoms with E-state index in [1.807, 2.05) is 47.4 Å². The number of methoxy groups -OCH3 is 1. The summed E-state index contributed by atoms with van der Waals surface area (Å²) in [7, 11) is 1.62. The first-order valence-electron chi connectivity index (χ1n) is 11.8. The number of nitrogens with zero attached hydrogens (tertiary/aromatic N) is 1. The molecular weight excluding hydrogens is 424 g/mol. The van der Waals surface area contributed by atoms with Crippen molar-refractivity contribution in [1.29, 1.82) is 0 Å². The van der Waals surface area contributed by atoms with Gasteiger partial charge in [-0.2, -0.15) is 0 Å². The zero-order chi connectivity index (χ0) is 24.1. The summed E-state index contributed by atoms with van der Waals surface area (Å²) >= 11 is 0. The Kier molecular flexibility index (Phi) is 7.31. The van der Waals surface area contributed by atoms with Crippen LogP contribution in [0.1, 0.15) is 52.3 Å². The van der Waals surface area contributed by atoms with Gasteiger partial charge in [0.25, 0.3) is 0 Å². The average molecular weight is 457 g/mol. The summed E-state index contributed by atoms with van der Waals surface area (Å²) in [5.74, 6) is 0.671. The number of carbonyl (C=O) groups excluding carboxylic acids is 2. The second-order valence-corrected chi connectivity index (χ2v) is 8.92. The molecule has 5 nitrogen and oxygen atoms in total. The van der Waals surface area contributed by atoms with Gasteiger partial charge in [0.1, 0.15) is 5.75 Å². The largest absolute Gasteiger partial charge is 0.497 e. The zero-order valence-corrected chi connectivity index (χ0v) is 20.1. The first kappa shape index (κ1) is 23.6. The van der Waals surface area contributed by atoms with Gasteiger partial charge < -0.3 is 15.0 Å². The number of hydrogen-bond acceptors (Lipinski definition) is 3. The molecule has 1 aliphatic rings. The van der Waals surface area contributed by atoms with Crippen LogP contribution in [0, 0.1) is 13.8 Å². The lowest BCUT2D eigenvalue weighted by Gasteiger charge is -2.39. The third-order valence-electron chi connectivity index (χ3n) is 6.51. The summed E-state index contributed by atoms with van der Waals surface area (Å²) in [5.41, 5.74) is 7.10. The van der Waals surface area contributed by atoms with Gasteiger partial charge in [-0.25, -0.2) is 0 Å². The van der Waals surface area contributed by atoms with Crippen molar-refractivity contribution in [2.24, 2.45) is 0 Å². The predicted molar refractivity (Wildman–Crippen MR) is 134 cm³/mol. The highest BCUT2D eigenvalue weighted by molar-refractivity contribution is 5.84. The Morgan fingerprint density at radius 2 is 1.74 bits per heavy atom. The minimum atomic E-state index is -0.126. The minimum Gasteiger partial charge on any atom is -0.497 e. The predicted octanol–water partition coefficient (Wildman–Crippen LogP) is 4.88. The van der Waals surface area contributed by atoms with Crippen molar-refractivity contribution in [3.05, 3.63) is 100 Å². The average Bonchev–Trinajstić information content (AvgIpc) is 2.86. The lowest BCUT2D eigenvalue weighted by Crippen LogP contribution is -2.41. The molecule has 1 heterocycles. The smallest absolute Gasteiger partial charge is 0.223 e. The molecule has 4 rings (SSSR count). The summed E-state index contributed by atoms with van der Waals surface area (Å²) in [5, 5.41) is 2.92. The molecule has 2 amide bonds. The fourth-order valence-electron chi connectivity index (χ4n) is 4.81. The molecule has 0 aromatic heterocycles. The van der Waals surface area contributed by atoms with Crippen LogP contribution in [0.15, 0.2) is 66.7 Å². The molecule has 5 heteroatoms.